The van der Waals surface area contributed by atoms with Gasteiger partial charge in [0.2, 0.25) is 0 Å². The van der Waals surface area contributed by atoms with Gasteiger partial charge in [0.25, 0.3) is 0 Å². The van der Waals surface area contributed by atoms with Crippen LogP contribution in [0.5, 0.6) is 11.5 Å². The van der Waals surface area contributed by atoms with Gasteiger partial charge >= 0.3 is 5.56 Å². The number of hydrogen-bond donors (Lipinski definition) is 0. The van der Waals surface area contributed by atoms with Crippen molar-refractivity contribution in [1.82, 2.24) is 9.78 Å². The van der Waals surface area contributed by atoms with Gasteiger partial charge in [-0.3, -0.25) is 9.59 Å². The average Bonchev–Trinajstić information content (AvgIpc) is 2.88. The Labute approximate surface area is 192 Å². The van der Waals surface area contributed by atoms with Gasteiger partial charge < -0.3 is 19.1 Å². The number of carbonyl (C=O) groups excluding carboxylic acids is 1. The van der Waals surface area contributed by atoms with Gasteiger partial charge in [-0.1, -0.05) is 19.1 Å². The van der Waals surface area contributed by atoms with Crippen molar-refractivity contribution in [3.8, 4) is 28.4 Å². The van der Waals surface area contributed by atoms with Gasteiger partial charge in [0.05, 0.1) is 38.3 Å². The third kappa shape index (κ3) is 4.90. The van der Waals surface area contributed by atoms with E-state index < -0.39 is 5.56 Å². The zero-order chi connectivity index (χ0) is 23.2. The van der Waals surface area contributed by atoms with Gasteiger partial charge in [-0.05, 0) is 36.8 Å². The zero-order valence-electron chi connectivity index (χ0n) is 18.8. The molecule has 8 nitrogen and oxygen atoms in total. The summed E-state index contributed by atoms with van der Waals surface area (Å²) < 4.78 is 17.8. The molecule has 0 radical (unpaired) electrons. The first-order valence-corrected chi connectivity index (χ1v) is 11.0. The van der Waals surface area contributed by atoms with E-state index in [1.807, 2.05) is 43.3 Å². The molecule has 2 aromatic carbocycles. The van der Waals surface area contributed by atoms with Crippen LogP contribution in [0.4, 0.5) is 5.69 Å². The third-order valence-corrected chi connectivity index (χ3v) is 5.45. The van der Waals surface area contributed by atoms with Crippen molar-refractivity contribution >= 4 is 12.0 Å². The number of benzene rings is 2. The van der Waals surface area contributed by atoms with Crippen LogP contribution in [-0.2, 0) is 4.74 Å². The number of rotatable bonds is 8. The monoisotopic (exact) mass is 449 g/mol. The minimum atomic E-state index is -0.419. The van der Waals surface area contributed by atoms with Crippen LogP contribution in [0.15, 0.2) is 53.3 Å². The molecular weight excluding hydrogens is 422 g/mol. The molecule has 3 aromatic rings. The second kappa shape index (κ2) is 10.3. The Morgan fingerprint density at radius 2 is 1.94 bits per heavy atom. The number of anilines is 1. The second-order valence-electron chi connectivity index (χ2n) is 7.65. The molecule has 0 bridgehead atoms. The molecule has 0 amide bonds. The number of aldehydes is 1. The molecule has 172 valence electrons. The molecule has 0 aliphatic carbocycles. The maximum atomic E-state index is 13.3. The van der Waals surface area contributed by atoms with Crippen molar-refractivity contribution in [3.63, 3.8) is 0 Å². The van der Waals surface area contributed by atoms with Crippen molar-refractivity contribution in [3.05, 3.63) is 64.4 Å². The molecule has 0 N–H and O–H groups in total. The summed E-state index contributed by atoms with van der Waals surface area (Å²) in [6.45, 7) is 5.09. The van der Waals surface area contributed by atoms with Crippen molar-refractivity contribution < 1.29 is 19.0 Å². The molecule has 1 aromatic heterocycles. The van der Waals surface area contributed by atoms with E-state index >= 15 is 0 Å². The number of hydrogen-bond acceptors (Lipinski definition) is 7. The summed E-state index contributed by atoms with van der Waals surface area (Å²) in [5.41, 5.74) is 2.55. The molecule has 1 fully saturated rings. The van der Waals surface area contributed by atoms with Gasteiger partial charge in [-0.2, -0.15) is 9.78 Å². The Bertz CT molecular complexity index is 1180. The van der Waals surface area contributed by atoms with E-state index in [2.05, 4.69) is 10.00 Å². The van der Waals surface area contributed by atoms with Gasteiger partial charge in [0.15, 0.2) is 12.0 Å². The Hall–Kier alpha value is -3.65. The Morgan fingerprint density at radius 1 is 1.12 bits per heavy atom. The highest BCUT2D eigenvalue weighted by Gasteiger charge is 2.18. The molecule has 33 heavy (non-hydrogen) atoms. The highest BCUT2D eigenvalue weighted by Crippen LogP contribution is 2.26. The van der Waals surface area contributed by atoms with Crippen LogP contribution in [0, 0.1) is 0 Å². The molecule has 1 aliphatic heterocycles. The number of morpholine rings is 1. The molecule has 0 spiro atoms. The fourth-order valence-electron chi connectivity index (χ4n) is 3.71. The molecule has 1 saturated heterocycles. The SMILES string of the molecule is CCCOc1cc(-c2cccc(OC)c2)nn(-c2cc(N3CCOCC3)ccc2C=O)c1=O. The third-order valence-electron chi connectivity index (χ3n) is 5.45. The summed E-state index contributed by atoms with van der Waals surface area (Å²) in [6, 6.07) is 14.5. The van der Waals surface area contributed by atoms with Gasteiger partial charge in [-0.15, -0.1) is 0 Å². The predicted octanol–water partition coefficient (Wildman–Crippen LogP) is 3.35. The summed E-state index contributed by atoms with van der Waals surface area (Å²) in [7, 11) is 1.59. The van der Waals surface area contributed by atoms with E-state index in [1.54, 1.807) is 19.2 Å². The Morgan fingerprint density at radius 3 is 2.67 bits per heavy atom. The summed E-state index contributed by atoms with van der Waals surface area (Å²) in [5, 5.41) is 4.62. The summed E-state index contributed by atoms with van der Waals surface area (Å²) in [6.07, 6.45) is 1.49. The number of carbonyl (C=O) groups is 1. The fraction of sp³-hybridized carbons (Fsp3) is 0.320. The number of nitrogens with zero attached hydrogens (tertiary/aromatic N) is 3. The molecule has 2 heterocycles. The maximum Gasteiger partial charge on any atom is 0.313 e. The van der Waals surface area contributed by atoms with Crippen molar-refractivity contribution in [2.24, 2.45) is 0 Å². The largest absolute Gasteiger partial charge is 0.497 e. The lowest BCUT2D eigenvalue weighted by atomic mass is 10.1. The topological polar surface area (TPSA) is 82.9 Å². The van der Waals surface area contributed by atoms with E-state index in [1.165, 1.54) is 4.68 Å². The van der Waals surface area contributed by atoms with Crippen LogP contribution < -0.4 is 19.9 Å². The molecule has 0 saturated carbocycles. The first-order valence-electron chi connectivity index (χ1n) is 11.0. The zero-order valence-corrected chi connectivity index (χ0v) is 18.8. The lowest BCUT2D eigenvalue weighted by Crippen LogP contribution is -2.36. The summed E-state index contributed by atoms with van der Waals surface area (Å²) >= 11 is 0. The second-order valence-corrected chi connectivity index (χ2v) is 7.65. The lowest BCUT2D eigenvalue weighted by Gasteiger charge is -2.29. The number of aromatic nitrogens is 2. The van der Waals surface area contributed by atoms with Crippen LogP contribution >= 0.6 is 0 Å². The minimum absolute atomic E-state index is 0.179. The molecule has 4 rings (SSSR count). The van der Waals surface area contributed by atoms with Crippen LogP contribution in [0.1, 0.15) is 23.7 Å². The molecular formula is C25H27N3O5. The van der Waals surface area contributed by atoms with Crippen LogP contribution in [0.2, 0.25) is 0 Å². The summed E-state index contributed by atoms with van der Waals surface area (Å²) in [5.74, 6) is 0.851. The molecule has 0 atom stereocenters. The van der Waals surface area contributed by atoms with Crippen LogP contribution in [0.3, 0.4) is 0 Å². The summed E-state index contributed by atoms with van der Waals surface area (Å²) in [4.78, 5) is 27.4. The van der Waals surface area contributed by atoms with Crippen LogP contribution in [0.25, 0.3) is 16.9 Å². The van der Waals surface area contributed by atoms with Gasteiger partial charge in [-0.25, -0.2) is 0 Å². The highest BCUT2D eigenvalue weighted by atomic mass is 16.5. The quantitative estimate of drug-likeness (QED) is 0.488. The smallest absolute Gasteiger partial charge is 0.313 e. The maximum absolute atomic E-state index is 13.3. The number of ether oxygens (including phenoxy) is 3. The van der Waals surface area contributed by atoms with E-state index in [0.29, 0.717) is 42.5 Å². The Kier molecular flexibility index (Phi) is 7.04. The van der Waals surface area contributed by atoms with E-state index in [4.69, 9.17) is 14.2 Å². The first-order chi connectivity index (χ1) is 16.1. The average molecular weight is 450 g/mol. The molecule has 1 aliphatic rings. The van der Waals surface area contributed by atoms with Crippen molar-refractivity contribution in [2.75, 3.05) is 44.9 Å². The standard InChI is InChI=1S/C25H27N3O5/c1-3-11-33-24-16-22(18-5-4-6-21(14-18)31-2)26-28(25(24)30)23-15-20(8-7-19(23)17-29)27-9-12-32-13-10-27/h4-8,14-17H,3,9-13H2,1-2H3. The van der Waals surface area contributed by atoms with E-state index in [0.717, 1.165) is 37.0 Å². The van der Waals surface area contributed by atoms with E-state index in [-0.39, 0.29) is 5.75 Å². The lowest BCUT2D eigenvalue weighted by molar-refractivity contribution is 0.112. The highest BCUT2D eigenvalue weighted by molar-refractivity contribution is 5.82. The fourth-order valence-corrected chi connectivity index (χ4v) is 3.71. The normalized spacial score (nSPS) is 13.6. The van der Waals surface area contributed by atoms with Crippen molar-refractivity contribution in [2.45, 2.75) is 13.3 Å². The number of methoxy groups -OCH3 is 1. The van der Waals surface area contributed by atoms with Gasteiger partial charge in [0, 0.05) is 36.0 Å². The van der Waals surface area contributed by atoms with Crippen molar-refractivity contribution in [1.29, 1.82) is 0 Å². The van der Waals surface area contributed by atoms with E-state index in [9.17, 15) is 9.59 Å². The van der Waals surface area contributed by atoms with Crippen LogP contribution in [-0.4, -0.2) is 56.1 Å². The molecule has 8 heteroatoms. The Balaban J connectivity index is 1.88. The van der Waals surface area contributed by atoms with Gasteiger partial charge in [0.1, 0.15) is 5.75 Å². The predicted molar refractivity (Wildman–Crippen MR) is 126 cm³/mol. The first kappa shape index (κ1) is 22.5. The minimum Gasteiger partial charge on any atom is -0.497 e. The molecule has 0 unspecified atom stereocenters.